The summed E-state index contributed by atoms with van der Waals surface area (Å²) in [5.74, 6) is -0.856. The lowest BCUT2D eigenvalue weighted by atomic mass is 10.1. The number of halogens is 1. The van der Waals surface area contributed by atoms with Gasteiger partial charge in [0.2, 0.25) is 12.1 Å². The highest BCUT2D eigenvalue weighted by atomic mass is 32.2. The molecule has 1 fully saturated rings. The second kappa shape index (κ2) is 7.35. The molecule has 0 aromatic heterocycles. The number of nitrogens with one attached hydrogen (secondary N) is 1. The third-order valence-corrected chi connectivity index (χ3v) is 7.29. The van der Waals surface area contributed by atoms with Gasteiger partial charge < -0.3 is 15.1 Å². The van der Waals surface area contributed by atoms with Gasteiger partial charge in [-0.05, 0) is 30.5 Å². The van der Waals surface area contributed by atoms with Crippen LogP contribution in [0.1, 0.15) is 6.42 Å². The molecule has 1 saturated heterocycles. The molecule has 2 atom stereocenters. The van der Waals surface area contributed by atoms with Crippen LogP contribution in [0.4, 0.5) is 14.9 Å². The van der Waals surface area contributed by atoms with Crippen molar-refractivity contribution >= 4 is 33.5 Å². The van der Waals surface area contributed by atoms with Crippen LogP contribution in [0.5, 0.6) is 0 Å². The lowest BCUT2D eigenvalue weighted by molar-refractivity contribution is -0.131. The van der Waals surface area contributed by atoms with Crippen LogP contribution in [-0.2, 0) is 14.8 Å². The highest BCUT2D eigenvalue weighted by Crippen LogP contribution is 2.38. The van der Waals surface area contributed by atoms with E-state index in [-0.39, 0.29) is 17.6 Å². The van der Waals surface area contributed by atoms with Gasteiger partial charge in [0.1, 0.15) is 23.1 Å². The second-order valence-electron chi connectivity index (χ2n) is 7.69. The lowest BCUT2D eigenvalue weighted by Gasteiger charge is -2.33. The molecular weight excluding hydrogens is 427 g/mol. The highest BCUT2D eigenvalue weighted by Gasteiger charge is 2.46. The Bertz CT molecular complexity index is 1190. The monoisotopic (exact) mass is 446 g/mol. The fourth-order valence-corrected chi connectivity index (χ4v) is 5.65. The van der Waals surface area contributed by atoms with E-state index in [0.717, 1.165) is 23.8 Å². The van der Waals surface area contributed by atoms with Crippen LogP contribution in [0, 0.1) is 23.2 Å². The third kappa shape index (κ3) is 3.40. The summed E-state index contributed by atoms with van der Waals surface area (Å²) in [6, 6.07) is 1.66. The smallest absolute Gasteiger partial charge is 0.336 e. The number of anilines is 1. The number of hydrogen-bond donors (Lipinski definition) is 1. The maximum Gasteiger partial charge on any atom is 0.336 e. The predicted octanol–water partition coefficient (Wildman–Crippen LogP) is 0.960. The van der Waals surface area contributed by atoms with Crippen LogP contribution < -0.4 is 5.32 Å². The minimum atomic E-state index is -4.40. The van der Waals surface area contributed by atoms with Crippen molar-refractivity contribution in [3.05, 3.63) is 35.7 Å². The van der Waals surface area contributed by atoms with Crippen molar-refractivity contribution < 1.29 is 22.4 Å². The molecule has 0 radical (unpaired) electrons. The van der Waals surface area contributed by atoms with Gasteiger partial charge in [-0.25, -0.2) is 21.9 Å². The van der Waals surface area contributed by atoms with Crippen LogP contribution in [0.2, 0.25) is 0 Å². The van der Waals surface area contributed by atoms with Gasteiger partial charge in [-0.2, -0.15) is 10.3 Å². The van der Waals surface area contributed by atoms with E-state index in [4.69, 9.17) is 5.26 Å². The van der Waals surface area contributed by atoms with Crippen molar-refractivity contribution in [3.8, 4) is 6.19 Å². The van der Waals surface area contributed by atoms with Gasteiger partial charge in [-0.3, -0.25) is 4.79 Å². The van der Waals surface area contributed by atoms with E-state index >= 15 is 0 Å². The summed E-state index contributed by atoms with van der Waals surface area (Å²) in [5.41, 5.74) is 0.679. The van der Waals surface area contributed by atoms with Crippen LogP contribution in [0.3, 0.4) is 0 Å². The van der Waals surface area contributed by atoms with E-state index in [1.165, 1.54) is 4.90 Å². The Morgan fingerprint density at radius 3 is 2.81 bits per heavy atom. The number of nitriles is 1. The maximum absolute atomic E-state index is 13.6. The van der Waals surface area contributed by atoms with Gasteiger partial charge in [-0.15, -0.1) is 0 Å². The molecule has 10 nitrogen and oxygen atoms in total. The third-order valence-electron chi connectivity index (χ3n) is 5.52. The van der Waals surface area contributed by atoms with E-state index in [1.54, 1.807) is 25.2 Å². The molecule has 1 N–H and O–H groups in total. The number of likely N-dealkylation sites (N-methyl/N-ethyl adjacent to an activating group) is 1. The Labute approximate surface area is 178 Å². The highest BCUT2D eigenvalue weighted by molar-refractivity contribution is 7.90. The zero-order valence-electron chi connectivity index (χ0n) is 16.7. The average molecular weight is 446 g/mol. The number of sulfonamides is 1. The van der Waals surface area contributed by atoms with Gasteiger partial charge in [0.05, 0.1) is 11.7 Å². The van der Waals surface area contributed by atoms with E-state index < -0.39 is 39.2 Å². The Morgan fingerprint density at radius 2 is 2.16 bits per heavy atom. The second-order valence-corrected chi connectivity index (χ2v) is 9.52. The SMILES string of the molecule is CN(C)C(=NC#N)C1=C[C@@H]2C[C@H]1N(C(=O)CN1C(=O)Nc3ccc(F)cc3S1(=O)=O)C2. The van der Waals surface area contributed by atoms with Crippen LogP contribution in [-0.4, -0.2) is 73.5 Å². The minimum absolute atomic E-state index is 0.0381. The molecule has 0 spiro atoms. The predicted molar refractivity (Wildman–Crippen MR) is 108 cm³/mol. The summed E-state index contributed by atoms with van der Waals surface area (Å²) in [5, 5.41) is 11.4. The van der Waals surface area contributed by atoms with Gasteiger partial charge in [0, 0.05) is 26.2 Å². The van der Waals surface area contributed by atoms with Crippen molar-refractivity contribution in [3.63, 3.8) is 0 Å². The molecule has 3 aliphatic rings. The van der Waals surface area contributed by atoms with Crippen molar-refractivity contribution in [2.75, 3.05) is 32.5 Å². The number of benzene rings is 1. The van der Waals surface area contributed by atoms with Crippen molar-refractivity contribution in [2.45, 2.75) is 17.4 Å². The summed E-state index contributed by atoms with van der Waals surface area (Å²) >= 11 is 0. The summed E-state index contributed by atoms with van der Waals surface area (Å²) in [7, 11) is -0.935. The number of urea groups is 1. The summed E-state index contributed by atoms with van der Waals surface area (Å²) in [4.78, 5) is 32.1. The Balaban J connectivity index is 1.58. The standard InChI is InChI=1S/C19H19FN6O4S/c1-24(2)18(22-10-21)13-5-11-6-15(13)25(8-11)17(27)9-26-19(28)23-14-4-3-12(20)7-16(14)31(26,29)30/h3-5,7,11,15H,6,8-9H2,1-2H3,(H,23,28)/t11-,15-/m1/s1. The molecule has 0 unspecified atom stereocenters. The Morgan fingerprint density at radius 1 is 1.42 bits per heavy atom. The average Bonchev–Trinajstić information content (AvgIpc) is 3.30. The first-order valence-electron chi connectivity index (χ1n) is 9.42. The van der Waals surface area contributed by atoms with Gasteiger partial charge in [0.15, 0.2) is 0 Å². The van der Waals surface area contributed by atoms with Crippen LogP contribution in [0.15, 0.2) is 39.7 Å². The van der Waals surface area contributed by atoms with Crippen molar-refractivity contribution in [1.82, 2.24) is 14.1 Å². The molecule has 2 aliphatic heterocycles. The molecule has 0 saturated carbocycles. The summed E-state index contributed by atoms with van der Waals surface area (Å²) < 4.78 is 39.8. The number of carbonyl (C=O) groups excluding carboxylic acids is 2. The quantitative estimate of drug-likeness (QED) is 0.419. The molecule has 2 heterocycles. The van der Waals surface area contributed by atoms with E-state index in [9.17, 15) is 22.4 Å². The summed E-state index contributed by atoms with van der Waals surface area (Å²) in [6.07, 6.45) is 4.35. The lowest BCUT2D eigenvalue weighted by Crippen LogP contribution is -2.51. The largest absolute Gasteiger partial charge is 0.362 e. The van der Waals surface area contributed by atoms with Crippen LogP contribution in [0.25, 0.3) is 0 Å². The number of rotatable bonds is 3. The molecule has 1 aromatic carbocycles. The Kier molecular flexibility index (Phi) is 4.93. The minimum Gasteiger partial charge on any atom is -0.362 e. The Hall–Kier alpha value is -3.46. The zero-order valence-corrected chi connectivity index (χ0v) is 17.6. The number of hydrogen-bond acceptors (Lipinski definition) is 6. The normalized spacial score (nSPS) is 23.7. The first-order valence-corrected chi connectivity index (χ1v) is 10.9. The van der Waals surface area contributed by atoms with Gasteiger partial charge in [-0.1, -0.05) is 6.08 Å². The molecule has 1 aromatic rings. The van der Waals surface area contributed by atoms with E-state index in [1.807, 2.05) is 6.08 Å². The number of carbonyl (C=O) groups is 2. The van der Waals surface area contributed by atoms with Gasteiger partial charge in [0.25, 0.3) is 10.0 Å². The molecule has 31 heavy (non-hydrogen) atoms. The fourth-order valence-electron chi connectivity index (χ4n) is 4.21. The molecule has 4 rings (SSSR count). The van der Waals surface area contributed by atoms with Crippen molar-refractivity contribution in [1.29, 1.82) is 5.26 Å². The fraction of sp³-hybridized carbons (Fsp3) is 0.368. The molecule has 3 amide bonds. The number of aliphatic imine (C=N–C) groups is 1. The molecule has 2 bridgehead atoms. The molecular formula is C19H19FN6O4S. The van der Waals surface area contributed by atoms with Crippen LogP contribution >= 0.6 is 0 Å². The number of amides is 3. The topological polar surface area (TPSA) is 126 Å². The maximum atomic E-state index is 13.6. The van der Waals surface area contributed by atoms with E-state index in [2.05, 4.69) is 10.3 Å². The number of fused-ring (bicyclic) bond motifs is 3. The van der Waals surface area contributed by atoms with E-state index in [0.29, 0.717) is 23.1 Å². The first kappa shape index (κ1) is 20.8. The first-order chi connectivity index (χ1) is 14.6. The number of nitrogens with zero attached hydrogens (tertiary/aromatic N) is 5. The van der Waals surface area contributed by atoms with Gasteiger partial charge >= 0.3 is 6.03 Å². The number of likely N-dealkylation sites (tertiary alicyclic amines) is 1. The molecule has 162 valence electrons. The zero-order chi connectivity index (χ0) is 22.5. The molecule has 12 heteroatoms. The summed E-state index contributed by atoms with van der Waals surface area (Å²) in [6.45, 7) is -0.339. The molecule has 1 aliphatic carbocycles. The number of amidine groups is 1. The van der Waals surface area contributed by atoms with Crippen molar-refractivity contribution in [2.24, 2.45) is 10.9 Å².